The maximum Gasteiger partial charge on any atom is 0.256 e. The molecule has 1 fully saturated rings. The first kappa shape index (κ1) is 14.6. The zero-order chi connectivity index (χ0) is 15.5. The van der Waals surface area contributed by atoms with Gasteiger partial charge in [-0.1, -0.05) is 12.1 Å². The van der Waals surface area contributed by atoms with Crippen molar-refractivity contribution in [3.63, 3.8) is 0 Å². The molecule has 1 saturated heterocycles. The van der Waals surface area contributed by atoms with Crippen LogP contribution in [0.2, 0.25) is 0 Å². The van der Waals surface area contributed by atoms with Crippen molar-refractivity contribution >= 4 is 28.8 Å². The van der Waals surface area contributed by atoms with Crippen LogP contribution in [0.25, 0.3) is 0 Å². The Hall–Kier alpha value is -2.34. The normalized spacial score (nSPS) is 14.9. The lowest BCUT2D eigenvalue weighted by molar-refractivity contribution is 0.0536. The molecule has 3 rings (SSSR count). The highest BCUT2D eigenvalue weighted by molar-refractivity contribution is 7.08. The summed E-state index contributed by atoms with van der Waals surface area (Å²) < 4.78 is 0. The fourth-order valence-electron chi connectivity index (χ4n) is 2.54. The van der Waals surface area contributed by atoms with Crippen molar-refractivity contribution in [3.8, 4) is 0 Å². The van der Waals surface area contributed by atoms with E-state index in [-0.39, 0.29) is 11.8 Å². The molecule has 5 nitrogen and oxygen atoms in total. The quantitative estimate of drug-likeness (QED) is 0.861. The molecule has 1 aromatic carbocycles. The van der Waals surface area contributed by atoms with E-state index in [9.17, 15) is 9.59 Å². The summed E-state index contributed by atoms with van der Waals surface area (Å²) in [6.07, 6.45) is 0. The number of nitrogens with two attached hydrogens (primary N) is 1. The summed E-state index contributed by atoms with van der Waals surface area (Å²) in [5.74, 6) is -0.0340. The molecule has 0 unspecified atom stereocenters. The molecule has 0 atom stereocenters. The van der Waals surface area contributed by atoms with Gasteiger partial charge in [0.05, 0.1) is 11.1 Å². The fraction of sp³-hybridized carbons (Fsp3) is 0.250. The Morgan fingerprint density at radius 1 is 0.955 bits per heavy atom. The molecule has 1 aliphatic rings. The van der Waals surface area contributed by atoms with Gasteiger partial charge in [0.2, 0.25) is 0 Å². The van der Waals surface area contributed by atoms with Crippen LogP contribution in [0.1, 0.15) is 20.7 Å². The number of amides is 2. The van der Waals surface area contributed by atoms with Crippen molar-refractivity contribution < 1.29 is 9.59 Å². The van der Waals surface area contributed by atoms with Crippen molar-refractivity contribution in [2.24, 2.45) is 0 Å². The maximum atomic E-state index is 12.5. The summed E-state index contributed by atoms with van der Waals surface area (Å²) in [6, 6.07) is 8.91. The Morgan fingerprint density at radius 2 is 1.59 bits per heavy atom. The van der Waals surface area contributed by atoms with Gasteiger partial charge in [0.25, 0.3) is 11.8 Å². The van der Waals surface area contributed by atoms with E-state index >= 15 is 0 Å². The number of carbonyl (C=O) groups excluding carboxylic acids is 2. The molecule has 0 saturated carbocycles. The van der Waals surface area contributed by atoms with Gasteiger partial charge in [-0.05, 0) is 23.6 Å². The summed E-state index contributed by atoms with van der Waals surface area (Å²) in [7, 11) is 0. The first-order valence-corrected chi connectivity index (χ1v) is 8.06. The van der Waals surface area contributed by atoms with Crippen LogP contribution in [0.15, 0.2) is 41.1 Å². The first-order chi connectivity index (χ1) is 10.7. The van der Waals surface area contributed by atoms with Gasteiger partial charge < -0.3 is 15.5 Å². The molecular weight excluding hydrogens is 298 g/mol. The summed E-state index contributed by atoms with van der Waals surface area (Å²) in [4.78, 5) is 28.3. The summed E-state index contributed by atoms with van der Waals surface area (Å²) in [6.45, 7) is 2.16. The standard InChI is InChI=1S/C16H17N3O2S/c17-14-4-2-1-3-13(14)16(21)19-8-6-18(7-9-19)15(20)12-5-10-22-11-12/h1-5,10-11H,6-9,17H2. The number of anilines is 1. The van der Waals surface area contributed by atoms with Gasteiger partial charge in [0, 0.05) is 37.2 Å². The van der Waals surface area contributed by atoms with Crippen LogP contribution < -0.4 is 5.73 Å². The maximum absolute atomic E-state index is 12.5. The van der Waals surface area contributed by atoms with Gasteiger partial charge >= 0.3 is 0 Å². The number of piperazine rings is 1. The smallest absolute Gasteiger partial charge is 0.256 e. The number of benzene rings is 1. The Balaban J connectivity index is 1.63. The molecule has 6 heteroatoms. The molecule has 0 spiro atoms. The van der Waals surface area contributed by atoms with Crippen molar-refractivity contribution in [1.82, 2.24) is 9.80 Å². The highest BCUT2D eigenvalue weighted by Gasteiger charge is 2.26. The van der Waals surface area contributed by atoms with Crippen LogP contribution in [0, 0.1) is 0 Å². The van der Waals surface area contributed by atoms with Crippen molar-refractivity contribution in [2.75, 3.05) is 31.9 Å². The number of rotatable bonds is 2. The molecule has 0 aliphatic carbocycles. The number of hydrogen-bond donors (Lipinski definition) is 1. The zero-order valence-electron chi connectivity index (χ0n) is 12.1. The highest BCUT2D eigenvalue weighted by atomic mass is 32.1. The highest BCUT2D eigenvalue weighted by Crippen LogP contribution is 2.16. The molecule has 2 aromatic rings. The lowest BCUT2D eigenvalue weighted by Crippen LogP contribution is -2.50. The number of carbonyl (C=O) groups is 2. The average molecular weight is 315 g/mol. The molecule has 114 valence electrons. The van der Waals surface area contributed by atoms with E-state index in [0.717, 1.165) is 5.56 Å². The lowest BCUT2D eigenvalue weighted by Gasteiger charge is -2.34. The van der Waals surface area contributed by atoms with E-state index in [1.165, 1.54) is 11.3 Å². The number of thiophene rings is 1. The van der Waals surface area contributed by atoms with E-state index in [2.05, 4.69) is 0 Å². The van der Waals surface area contributed by atoms with Gasteiger partial charge in [0.1, 0.15) is 0 Å². The Labute approximate surface area is 132 Å². The predicted octanol–water partition coefficient (Wildman–Crippen LogP) is 1.93. The van der Waals surface area contributed by atoms with Gasteiger partial charge in [-0.3, -0.25) is 9.59 Å². The van der Waals surface area contributed by atoms with E-state index < -0.39 is 0 Å². The monoisotopic (exact) mass is 315 g/mol. The van der Waals surface area contributed by atoms with Crippen LogP contribution in [0.3, 0.4) is 0 Å². The minimum absolute atomic E-state index is 0.0348. The molecule has 0 bridgehead atoms. The van der Waals surface area contributed by atoms with Gasteiger partial charge in [-0.25, -0.2) is 0 Å². The fourth-order valence-corrected chi connectivity index (χ4v) is 3.17. The molecule has 2 heterocycles. The number of hydrogen-bond acceptors (Lipinski definition) is 4. The third-order valence-corrected chi connectivity index (χ3v) is 4.50. The molecule has 2 N–H and O–H groups in total. The van der Waals surface area contributed by atoms with E-state index in [4.69, 9.17) is 5.73 Å². The SMILES string of the molecule is Nc1ccccc1C(=O)N1CCN(C(=O)c2ccsc2)CC1. The molecule has 1 aromatic heterocycles. The van der Waals surface area contributed by atoms with Crippen LogP contribution in [-0.2, 0) is 0 Å². The molecule has 0 radical (unpaired) electrons. The van der Waals surface area contributed by atoms with Crippen LogP contribution in [-0.4, -0.2) is 47.8 Å². The number of nitrogen functional groups attached to an aromatic ring is 1. The zero-order valence-corrected chi connectivity index (χ0v) is 12.9. The molecular formula is C16H17N3O2S. The average Bonchev–Trinajstić information content (AvgIpc) is 3.09. The number of nitrogens with zero attached hydrogens (tertiary/aromatic N) is 2. The van der Waals surface area contributed by atoms with Gasteiger partial charge in [-0.2, -0.15) is 11.3 Å². The topological polar surface area (TPSA) is 66.6 Å². The second-order valence-corrected chi connectivity index (χ2v) is 5.96. The van der Waals surface area contributed by atoms with Crippen molar-refractivity contribution in [1.29, 1.82) is 0 Å². The van der Waals surface area contributed by atoms with Crippen LogP contribution in [0.5, 0.6) is 0 Å². The summed E-state index contributed by atoms with van der Waals surface area (Å²) in [5.41, 5.74) is 7.59. The first-order valence-electron chi connectivity index (χ1n) is 7.12. The predicted molar refractivity (Wildman–Crippen MR) is 87.0 cm³/mol. The molecule has 2 amide bonds. The third kappa shape index (κ3) is 2.82. The second-order valence-electron chi connectivity index (χ2n) is 5.18. The Bertz CT molecular complexity index is 676. The minimum Gasteiger partial charge on any atom is -0.398 e. The van der Waals surface area contributed by atoms with Crippen molar-refractivity contribution in [2.45, 2.75) is 0 Å². The second kappa shape index (κ2) is 6.19. The Kier molecular flexibility index (Phi) is 4.11. The van der Waals surface area contributed by atoms with Gasteiger partial charge in [0.15, 0.2) is 0 Å². The number of para-hydroxylation sites is 1. The summed E-state index contributed by atoms with van der Waals surface area (Å²) in [5, 5.41) is 3.75. The largest absolute Gasteiger partial charge is 0.398 e. The van der Waals surface area contributed by atoms with Gasteiger partial charge in [-0.15, -0.1) is 0 Å². The Morgan fingerprint density at radius 3 is 2.18 bits per heavy atom. The summed E-state index contributed by atoms with van der Waals surface area (Å²) >= 11 is 1.51. The molecule has 1 aliphatic heterocycles. The lowest BCUT2D eigenvalue weighted by atomic mass is 10.1. The van der Waals surface area contributed by atoms with Crippen LogP contribution in [0.4, 0.5) is 5.69 Å². The minimum atomic E-state index is -0.0688. The van der Waals surface area contributed by atoms with E-state index in [0.29, 0.717) is 37.4 Å². The van der Waals surface area contributed by atoms with Crippen LogP contribution >= 0.6 is 11.3 Å². The molecule has 22 heavy (non-hydrogen) atoms. The third-order valence-electron chi connectivity index (χ3n) is 3.81. The van der Waals surface area contributed by atoms with E-state index in [1.54, 1.807) is 28.0 Å². The van der Waals surface area contributed by atoms with Crippen molar-refractivity contribution in [3.05, 3.63) is 52.2 Å². The van der Waals surface area contributed by atoms with E-state index in [1.807, 2.05) is 22.9 Å².